The van der Waals surface area contributed by atoms with Crippen molar-refractivity contribution >= 4 is 11.7 Å². The fourth-order valence-electron chi connectivity index (χ4n) is 8.82. The van der Waals surface area contributed by atoms with Gasteiger partial charge in [0, 0.05) is 30.8 Å². The molecule has 4 aliphatic rings. The van der Waals surface area contributed by atoms with E-state index in [0.29, 0.717) is 35.9 Å². The van der Waals surface area contributed by atoms with E-state index in [1.807, 2.05) is 0 Å². The van der Waals surface area contributed by atoms with E-state index in [0.717, 1.165) is 64.4 Å². The molecular formula is C29H49NO4. The van der Waals surface area contributed by atoms with E-state index in [1.54, 1.807) is 0 Å². The number of unbranched alkanes of at least 4 members (excludes halogenated alkanes) is 6. The van der Waals surface area contributed by atoms with Gasteiger partial charge >= 0.3 is 0 Å². The molecule has 3 N–H and O–H groups in total. The van der Waals surface area contributed by atoms with E-state index in [4.69, 9.17) is 10.5 Å². The molecule has 0 spiro atoms. The number of primary amides is 1. The minimum atomic E-state index is -0.231. The lowest BCUT2D eigenvalue weighted by molar-refractivity contribution is -0.193. The van der Waals surface area contributed by atoms with Gasteiger partial charge in [-0.1, -0.05) is 46.0 Å². The van der Waals surface area contributed by atoms with E-state index in [9.17, 15) is 14.7 Å². The van der Waals surface area contributed by atoms with Gasteiger partial charge in [-0.25, -0.2) is 0 Å². The van der Waals surface area contributed by atoms with E-state index in [2.05, 4.69) is 13.8 Å². The highest BCUT2D eigenvalue weighted by molar-refractivity contribution is 5.86. The van der Waals surface area contributed by atoms with E-state index < -0.39 is 0 Å². The van der Waals surface area contributed by atoms with Gasteiger partial charge in [-0.05, 0) is 81.0 Å². The van der Waals surface area contributed by atoms with Crippen LogP contribution >= 0.6 is 0 Å². The van der Waals surface area contributed by atoms with Crippen molar-refractivity contribution in [2.45, 2.75) is 129 Å². The van der Waals surface area contributed by atoms with Crippen LogP contribution in [-0.2, 0) is 14.3 Å². The smallest absolute Gasteiger partial charge is 0.217 e. The lowest BCUT2D eigenvalue weighted by Crippen LogP contribution is -2.61. The monoisotopic (exact) mass is 475 g/mol. The molecule has 4 rings (SSSR count). The van der Waals surface area contributed by atoms with Gasteiger partial charge in [-0.15, -0.1) is 0 Å². The van der Waals surface area contributed by atoms with Crippen molar-refractivity contribution in [1.29, 1.82) is 0 Å². The lowest BCUT2D eigenvalue weighted by Gasteiger charge is -2.61. The fourth-order valence-corrected chi connectivity index (χ4v) is 8.82. The first-order chi connectivity index (χ1) is 16.3. The summed E-state index contributed by atoms with van der Waals surface area (Å²) >= 11 is 0. The molecule has 5 nitrogen and oxygen atoms in total. The molecule has 0 heterocycles. The second kappa shape index (κ2) is 11.0. The van der Waals surface area contributed by atoms with Crippen LogP contribution in [0.25, 0.3) is 0 Å². The molecule has 1 amide bonds. The first-order valence-electron chi connectivity index (χ1n) is 14.4. The molecule has 0 unspecified atom stereocenters. The predicted octanol–water partition coefficient (Wildman–Crippen LogP) is 5.56. The molecule has 34 heavy (non-hydrogen) atoms. The Hall–Kier alpha value is -0.940. The Morgan fingerprint density at radius 3 is 2.44 bits per heavy atom. The number of hydrogen-bond acceptors (Lipinski definition) is 4. The molecule has 0 aromatic heterocycles. The van der Waals surface area contributed by atoms with Crippen LogP contribution in [0.4, 0.5) is 0 Å². The molecule has 0 aromatic rings. The normalized spacial score (nSPS) is 41.6. The van der Waals surface area contributed by atoms with Gasteiger partial charge in [0.05, 0.1) is 12.2 Å². The maximum Gasteiger partial charge on any atom is 0.217 e. The Labute approximate surface area is 207 Å². The topological polar surface area (TPSA) is 89.6 Å². The van der Waals surface area contributed by atoms with Crippen LogP contribution in [0.15, 0.2) is 0 Å². The Bertz CT molecular complexity index is 725. The van der Waals surface area contributed by atoms with E-state index in [-0.39, 0.29) is 28.9 Å². The minimum absolute atomic E-state index is 0.0579. The molecule has 0 saturated heterocycles. The first-order valence-corrected chi connectivity index (χ1v) is 14.4. The van der Waals surface area contributed by atoms with Crippen LogP contribution in [0.2, 0.25) is 0 Å². The van der Waals surface area contributed by atoms with E-state index in [1.165, 1.54) is 38.5 Å². The molecule has 0 radical (unpaired) electrons. The van der Waals surface area contributed by atoms with Gasteiger partial charge in [0.1, 0.15) is 5.78 Å². The Morgan fingerprint density at radius 1 is 1.00 bits per heavy atom. The number of carbonyl (C=O) groups is 2. The second-order valence-electron chi connectivity index (χ2n) is 12.6. The van der Waals surface area contributed by atoms with Gasteiger partial charge in [0.15, 0.2) is 0 Å². The summed E-state index contributed by atoms with van der Waals surface area (Å²) in [6.45, 7) is 5.36. The molecular weight excluding hydrogens is 426 g/mol. The Kier molecular flexibility index (Phi) is 8.44. The van der Waals surface area contributed by atoms with E-state index >= 15 is 0 Å². The fraction of sp³-hybridized carbons (Fsp3) is 0.931. The SMILES string of the molecule is C[C@]12C[C@H](OCCCCCCCCCC(N)=O)[C@H]3[C@@H](CC[C@H]4CCCC(=O)[C@@]43C)[C@@H]1CC[C@@H]2O. The summed E-state index contributed by atoms with van der Waals surface area (Å²) in [7, 11) is 0. The molecule has 0 aliphatic heterocycles. The molecule has 4 fully saturated rings. The van der Waals surface area contributed by atoms with Crippen LogP contribution in [0.5, 0.6) is 0 Å². The summed E-state index contributed by atoms with van der Waals surface area (Å²) in [5.74, 6) is 2.20. The van der Waals surface area contributed by atoms with Crippen molar-refractivity contribution in [3.05, 3.63) is 0 Å². The van der Waals surface area contributed by atoms with Crippen LogP contribution < -0.4 is 5.73 Å². The molecule has 8 atom stereocenters. The highest BCUT2D eigenvalue weighted by Crippen LogP contribution is 2.66. The molecule has 5 heteroatoms. The summed E-state index contributed by atoms with van der Waals surface area (Å²) < 4.78 is 6.69. The lowest BCUT2D eigenvalue weighted by atomic mass is 9.44. The Balaban J connectivity index is 1.34. The molecule has 0 aromatic carbocycles. The Morgan fingerprint density at radius 2 is 1.71 bits per heavy atom. The first kappa shape index (κ1) is 26.1. The summed E-state index contributed by atoms with van der Waals surface area (Å²) in [6.07, 6.45) is 16.5. The van der Waals surface area contributed by atoms with Crippen LogP contribution in [0.3, 0.4) is 0 Å². The quantitative estimate of drug-likeness (QED) is 0.383. The zero-order chi connectivity index (χ0) is 24.3. The van der Waals surface area contributed by atoms with Crippen molar-refractivity contribution in [3.63, 3.8) is 0 Å². The van der Waals surface area contributed by atoms with Crippen molar-refractivity contribution in [2.75, 3.05) is 6.61 Å². The largest absolute Gasteiger partial charge is 0.393 e. The van der Waals surface area contributed by atoms with Crippen molar-refractivity contribution in [2.24, 2.45) is 40.2 Å². The number of ketones is 1. The predicted molar refractivity (Wildman–Crippen MR) is 134 cm³/mol. The number of rotatable bonds is 11. The summed E-state index contributed by atoms with van der Waals surface area (Å²) in [4.78, 5) is 24.2. The maximum absolute atomic E-state index is 13.4. The van der Waals surface area contributed by atoms with Crippen molar-refractivity contribution < 1.29 is 19.4 Å². The third kappa shape index (κ3) is 4.98. The second-order valence-corrected chi connectivity index (χ2v) is 12.6. The van der Waals surface area contributed by atoms with Gasteiger partial charge in [-0.2, -0.15) is 0 Å². The number of amides is 1. The number of nitrogens with two attached hydrogens (primary N) is 1. The molecule has 194 valence electrons. The van der Waals surface area contributed by atoms with Crippen molar-refractivity contribution in [1.82, 2.24) is 0 Å². The minimum Gasteiger partial charge on any atom is -0.393 e. The highest BCUT2D eigenvalue weighted by atomic mass is 16.5. The van der Waals surface area contributed by atoms with Gasteiger partial charge in [0.25, 0.3) is 0 Å². The zero-order valence-electron chi connectivity index (χ0n) is 21.7. The number of carbonyl (C=O) groups excluding carboxylic acids is 2. The summed E-state index contributed by atoms with van der Waals surface area (Å²) in [5.41, 5.74) is 4.91. The highest BCUT2D eigenvalue weighted by Gasteiger charge is 2.65. The average Bonchev–Trinajstić information content (AvgIpc) is 3.09. The van der Waals surface area contributed by atoms with Gasteiger partial charge in [-0.3, -0.25) is 9.59 Å². The number of fused-ring (bicyclic) bond motifs is 5. The van der Waals surface area contributed by atoms with Crippen LogP contribution in [-0.4, -0.2) is 35.6 Å². The standard InChI is InChI=1S/C29H49NO4/c1-28-19-23(34-18-9-7-5-3-4-6-8-13-26(30)33)27-21(22(28)16-17-24(28)31)15-14-20-11-10-12-25(32)29(20,27)2/h20-24,27,31H,3-19H2,1-2H3,(H2,30,33)/t20-,21+,22+,23+,24+,27-,28+,29-/m1/s1. The number of ether oxygens (including phenoxy) is 1. The summed E-state index contributed by atoms with van der Waals surface area (Å²) in [5, 5.41) is 11.0. The zero-order valence-corrected chi connectivity index (χ0v) is 21.7. The number of Topliss-reactive ketones (excluding diaryl/α,β-unsaturated/α-hetero) is 1. The maximum atomic E-state index is 13.4. The molecule has 4 saturated carbocycles. The summed E-state index contributed by atoms with van der Waals surface area (Å²) in [6, 6.07) is 0. The van der Waals surface area contributed by atoms with Crippen LogP contribution in [0.1, 0.15) is 117 Å². The number of aliphatic hydroxyl groups is 1. The van der Waals surface area contributed by atoms with Crippen molar-refractivity contribution in [3.8, 4) is 0 Å². The molecule has 4 aliphatic carbocycles. The third-order valence-electron chi connectivity index (χ3n) is 10.7. The third-order valence-corrected chi connectivity index (χ3v) is 10.7. The number of hydrogen-bond donors (Lipinski definition) is 2. The van der Waals surface area contributed by atoms with Gasteiger partial charge in [0.2, 0.25) is 5.91 Å². The molecule has 0 bridgehead atoms. The van der Waals surface area contributed by atoms with Crippen LogP contribution in [0, 0.1) is 34.5 Å². The number of aliphatic hydroxyl groups excluding tert-OH is 1. The van der Waals surface area contributed by atoms with Gasteiger partial charge < -0.3 is 15.6 Å². The average molecular weight is 476 g/mol.